The molecule has 132 valence electrons. The molecule has 2 N–H and O–H groups in total. The van der Waals surface area contributed by atoms with Crippen LogP contribution in [0.5, 0.6) is 11.5 Å². The van der Waals surface area contributed by atoms with Crippen LogP contribution in [0.4, 0.5) is 0 Å². The SMILES string of the molecule is CCOc1ccc(-c2nc(-c3ccc4[nH]c(=O)[nH]c4c3)cs2)cc1OC. The highest BCUT2D eigenvalue weighted by atomic mass is 32.1. The van der Waals surface area contributed by atoms with E-state index in [9.17, 15) is 4.79 Å². The van der Waals surface area contributed by atoms with E-state index in [0.29, 0.717) is 12.4 Å². The minimum absolute atomic E-state index is 0.211. The van der Waals surface area contributed by atoms with Crippen molar-refractivity contribution in [2.24, 2.45) is 0 Å². The van der Waals surface area contributed by atoms with Crippen LogP contribution in [0.25, 0.3) is 32.9 Å². The summed E-state index contributed by atoms with van der Waals surface area (Å²) >= 11 is 1.56. The van der Waals surface area contributed by atoms with Crippen molar-refractivity contribution in [1.82, 2.24) is 15.0 Å². The Labute approximate surface area is 153 Å². The number of fused-ring (bicyclic) bond motifs is 1. The maximum absolute atomic E-state index is 11.4. The van der Waals surface area contributed by atoms with Gasteiger partial charge in [0.1, 0.15) is 5.01 Å². The Hall–Kier alpha value is -3.06. The molecule has 0 amide bonds. The number of ether oxygens (including phenoxy) is 2. The summed E-state index contributed by atoms with van der Waals surface area (Å²) in [5, 5.41) is 2.90. The molecule has 0 spiro atoms. The van der Waals surface area contributed by atoms with Gasteiger partial charge < -0.3 is 19.4 Å². The average molecular weight is 367 g/mol. The van der Waals surface area contributed by atoms with E-state index in [1.165, 1.54) is 0 Å². The van der Waals surface area contributed by atoms with Crippen LogP contribution in [0.15, 0.2) is 46.6 Å². The molecule has 0 aliphatic rings. The van der Waals surface area contributed by atoms with Crippen molar-refractivity contribution in [2.45, 2.75) is 6.92 Å². The van der Waals surface area contributed by atoms with Crippen LogP contribution >= 0.6 is 11.3 Å². The van der Waals surface area contributed by atoms with Crippen molar-refractivity contribution in [1.29, 1.82) is 0 Å². The molecule has 0 bridgehead atoms. The number of methoxy groups -OCH3 is 1. The number of rotatable bonds is 5. The number of hydrogen-bond acceptors (Lipinski definition) is 5. The Morgan fingerprint density at radius 1 is 1.04 bits per heavy atom. The van der Waals surface area contributed by atoms with Gasteiger partial charge in [0.25, 0.3) is 0 Å². The second kappa shape index (κ2) is 6.68. The summed E-state index contributed by atoms with van der Waals surface area (Å²) < 4.78 is 11.0. The number of nitrogens with zero attached hydrogens (tertiary/aromatic N) is 1. The monoisotopic (exact) mass is 367 g/mol. The van der Waals surface area contributed by atoms with Crippen LogP contribution in [0, 0.1) is 0 Å². The summed E-state index contributed by atoms with van der Waals surface area (Å²) in [6.45, 7) is 2.52. The number of aromatic nitrogens is 3. The summed E-state index contributed by atoms with van der Waals surface area (Å²) in [5.74, 6) is 1.41. The fraction of sp³-hybridized carbons (Fsp3) is 0.158. The number of aromatic amines is 2. The van der Waals surface area contributed by atoms with Crippen molar-refractivity contribution in [3.63, 3.8) is 0 Å². The van der Waals surface area contributed by atoms with E-state index < -0.39 is 0 Å². The van der Waals surface area contributed by atoms with Gasteiger partial charge in [0.2, 0.25) is 0 Å². The normalized spacial score (nSPS) is 11.0. The highest BCUT2D eigenvalue weighted by Gasteiger charge is 2.11. The van der Waals surface area contributed by atoms with Crippen molar-refractivity contribution in [2.75, 3.05) is 13.7 Å². The molecule has 2 aromatic carbocycles. The van der Waals surface area contributed by atoms with Crippen molar-refractivity contribution < 1.29 is 9.47 Å². The number of H-pyrrole nitrogens is 2. The summed E-state index contributed by atoms with van der Waals surface area (Å²) in [7, 11) is 1.63. The molecule has 0 unspecified atom stereocenters. The highest BCUT2D eigenvalue weighted by Crippen LogP contribution is 2.35. The minimum atomic E-state index is -0.211. The Bertz CT molecular complexity index is 1130. The van der Waals surface area contributed by atoms with E-state index in [1.54, 1.807) is 18.4 Å². The molecule has 0 saturated carbocycles. The second-order valence-corrected chi connectivity index (χ2v) is 6.53. The molecule has 0 fully saturated rings. The Morgan fingerprint density at radius 3 is 2.65 bits per heavy atom. The Balaban J connectivity index is 1.69. The zero-order valence-corrected chi connectivity index (χ0v) is 15.1. The third-order valence-corrected chi connectivity index (χ3v) is 4.92. The van der Waals surface area contributed by atoms with Crippen molar-refractivity contribution in [3.8, 4) is 33.3 Å². The van der Waals surface area contributed by atoms with Gasteiger partial charge in [0, 0.05) is 16.5 Å². The van der Waals surface area contributed by atoms with E-state index in [2.05, 4.69) is 9.97 Å². The molecule has 0 atom stereocenters. The van der Waals surface area contributed by atoms with Gasteiger partial charge in [-0.2, -0.15) is 0 Å². The molecule has 4 rings (SSSR count). The van der Waals surface area contributed by atoms with Crippen LogP contribution in [-0.2, 0) is 0 Å². The number of benzene rings is 2. The number of imidazole rings is 1. The smallest absolute Gasteiger partial charge is 0.323 e. The van der Waals surface area contributed by atoms with Crippen molar-refractivity contribution >= 4 is 22.4 Å². The molecule has 6 nitrogen and oxygen atoms in total. The van der Waals surface area contributed by atoms with Crippen LogP contribution in [0.3, 0.4) is 0 Å². The lowest BCUT2D eigenvalue weighted by atomic mass is 10.1. The van der Waals surface area contributed by atoms with Crippen LogP contribution in [0.2, 0.25) is 0 Å². The lowest BCUT2D eigenvalue weighted by Crippen LogP contribution is -1.99. The zero-order valence-electron chi connectivity index (χ0n) is 14.3. The molecule has 7 heteroatoms. The molecule has 26 heavy (non-hydrogen) atoms. The number of nitrogens with one attached hydrogen (secondary N) is 2. The first-order valence-electron chi connectivity index (χ1n) is 8.17. The van der Waals surface area contributed by atoms with Gasteiger partial charge in [-0.1, -0.05) is 6.07 Å². The first-order valence-corrected chi connectivity index (χ1v) is 9.05. The van der Waals surface area contributed by atoms with Gasteiger partial charge in [0.15, 0.2) is 11.5 Å². The topological polar surface area (TPSA) is 80.0 Å². The summed E-state index contributed by atoms with van der Waals surface area (Å²) in [6, 6.07) is 11.6. The Morgan fingerprint density at radius 2 is 1.85 bits per heavy atom. The second-order valence-electron chi connectivity index (χ2n) is 5.68. The fourth-order valence-electron chi connectivity index (χ4n) is 2.81. The molecule has 0 saturated heterocycles. The minimum Gasteiger partial charge on any atom is -0.493 e. The summed E-state index contributed by atoms with van der Waals surface area (Å²) in [4.78, 5) is 21.7. The van der Waals surface area contributed by atoms with Gasteiger partial charge in [-0.05, 0) is 37.3 Å². The lowest BCUT2D eigenvalue weighted by molar-refractivity contribution is 0.311. The highest BCUT2D eigenvalue weighted by molar-refractivity contribution is 7.13. The molecular weight excluding hydrogens is 350 g/mol. The van der Waals surface area contributed by atoms with E-state index in [4.69, 9.17) is 14.5 Å². The first kappa shape index (κ1) is 16.4. The van der Waals surface area contributed by atoms with Crippen molar-refractivity contribution in [3.05, 3.63) is 52.3 Å². The lowest BCUT2D eigenvalue weighted by Gasteiger charge is -2.09. The van der Waals surface area contributed by atoms with Gasteiger partial charge in [0.05, 0.1) is 30.4 Å². The number of hydrogen-bond donors (Lipinski definition) is 2. The van der Waals surface area contributed by atoms with E-state index in [1.807, 2.05) is 48.7 Å². The van der Waals surface area contributed by atoms with Gasteiger partial charge >= 0.3 is 5.69 Å². The van der Waals surface area contributed by atoms with Crippen LogP contribution < -0.4 is 15.2 Å². The maximum atomic E-state index is 11.4. The van der Waals surface area contributed by atoms with E-state index >= 15 is 0 Å². The average Bonchev–Trinajstić information content (AvgIpc) is 3.27. The van der Waals surface area contributed by atoms with E-state index in [0.717, 1.165) is 38.6 Å². The molecular formula is C19H17N3O3S. The van der Waals surface area contributed by atoms with Gasteiger partial charge in [-0.15, -0.1) is 11.3 Å². The summed E-state index contributed by atoms with van der Waals surface area (Å²) in [6.07, 6.45) is 0. The third kappa shape index (κ3) is 2.97. The zero-order chi connectivity index (χ0) is 18.1. The van der Waals surface area contributed by atoms with Gasteiger partial charge in [-0.25, -0.2) is 9.78 Å². The molecule has 0 aliphatic heterocycles. The standard InChI is InChI=1S/C19H17N3O3S/c1-3-25-16-7-5-12(9-17(16)24-2)18-20-15(10-26-18)11-4-6-13-14(8-11)22-19(23)21-13/h4-10H,3H2,1-2H3,(H2,21,22,23). The predicted molar refractivity (Wildman–Crippen MR) is 103 cm³/mol. The quantitative estimate of drug-likeness (QED) is 0.558. The van der Waals surface area contributed by atoms with Crippen LogP contribution in [-0.4, -0.2) is 28.7 Å². The van der Waals surface area contributed by atoms with E-state index in [-0.39, 0.29) is 5.69 Å². The molecule has 2 heterocycles. The van der Waals surface area contributed by atoms with Gasteiger partial charge in [-0.3, -0.25) is 0 Å². The molecule has 0 aliphatic carbocycles. The van der Waals surface area contributed by atoms with Crippen LogP contribution in [0.1, 0.15) is 6.92 Å². The summed E-state index contributed by atoms with van der Waals surface area (Å²) in [5.41, 5.74) is 4.13. The Kier molecular flexibility index (Phi) is 4.22. The molecule has 2 aromatic heterocycles. The molecule has 0 radical (unpaired) electrons. The molecule has 4 aromatic rings. The number of thiazole rings is 1. The fourth-order valence-corrected chi connectivity index (χ4v) is 3.63. The largest absolute Gasteiger partial charge is 0.493 e. The predicted octanol–water partition coefficient (Wildman–Crippen LogP) is 4.05. The third-order valence-electron chi connectivity index (χ3n) is 4.03. The first-order chi connectivity index (χ1) is 12.7. The maximum Gasteiger partial charge on any atom is 0.323 e.